The van der Waals surface area contributed by atoms with Crippen LogP contribution in [0.2, 0.25) is 0 Å². The molecule has 122 valence electrons. The van der Waals surface area contributed by atoms with Crippen LogP contribution in [0.4, 0.5) is 5.69 Å². The molecule has 2 amide bonds. The third-order valence-corrected chi connectivity index (χ3v) is 3.36. The Hall–Kier alpha value is -1.88. The van der Waals surface area contributed by atoms with Crippen molar-refractivity contribution in [2.45, 2.75) is 33.1 Å². The van der Waals surface area contributed by atoms with E-state index in [2.05, 4.69) is 26.1 Å². The number of nitrogens with zero attached hydrogens (tertiary/aromatic N) is 1. The highest BCUT2D eigenvalue weighted by Gasteiger charge is 2.17. The number of anilines is 1. The fourth-order valence-electron chi connectivity index (χ4n) is 2.02. The molecule has 0 heterocycles. The lowest BCUT2D eigenvalue weighted by Crippen LogP contribution is -2.40. The van der Waals surface area contributed by atoms with E-state index in [4.69, 9.17) is 4.74 Å². The minimum absolute atomic E-state index is 0.00785. The first kappa shape index (κ1) is 18.2. The predicted octanol–water partition coefficient (Wildman–Crippen LogP) is 2.10. The van der Waals surface area contributed by atoms with Crippen molar-refractivity contribution in [2.24, 2.45) is 0 Å². The highest BCUT2D eigenvalue weighted by Crippen LogP contribution is 2.24. The summed E-state index contributed by atoms with van der Waals surface area (Å²) in [4.78, 5) is 25.2. The second kappa shape index (κ2) is 7.94. The summed E-state index contributed by atoms with van der Waals surface area (Å²) in [6, 6.07) is 7.75. The summed E-state index contributed by atoms with van der Waals surface area (Å²) in [5.41, 5.74) is 1.96. The van der Waals surface area contributed by atoms with Gasteiger partial charge in [-0.25, -0.2) is 0 Å². The topological polar surface area (TPSA) is 58.6 Å². The van der Waals surface area contributed by atoms with Gasteiger partial charge in [-0.05, 0) is 23.1 Å². The van der Waals surface area contributed by atoms with Gasteiger partial charge in [0.2, 0.25) is 11.8 Å². The molecule has 1 aromatic carbocycles. The molecule has 0 fully saturated rings. The van der Waals surface area contributed by atoms with Gasteiger partial charge in [0.15, 0.2) is 0 Å². The number of ether oxygens (including phenoxy) is 1. The van der Waals surface area contributed by atoms with Crippen molar-refractivity contribution < 1.29 is 14.3 Å². The Morgan fingerprint density at radius 3 is 2.23 bits per heavy atom. The molecule has 0 aromatic heterocycles. The zero-order valence-corrected chi connectivity index (χ0v) is 14.1. The summed E-state index contributed by atoms with van der Waals surface area (Å²) in [7, 11) is 1.57. The summed E-state index contributed by atoms with van der Waals surface area (Å²) < 4.78 is 4.88. The van der Waals surface area contributed by atoms with Crippen LogP contribution in [0.15, 0.2) is 24.3 Å². The average molecular weight is 306 g/mol. The summed E-state index contributed by atoms with van der Waals surface area (Å²) in [5.74, 6) is -0.363. The van der Waals surface area contributed by atoms with Crippen molar-refractivity contribution in [3.8, 4) is 0 Å². The lowest BCUT2D eigenvalue weighted by Gasteiger charge is -2.23. The zero-order chi connectivity index (χ0) is 16.8. The Bertz CT molecular complexity index is 504. The first-order valence-corrected chi connectivity index (χ1v) is 7.40. The molecule has 0 aliphatic rings. The molecule has 0 saturated heterocycles. The molecule has 5 heteroatoms. The van der Waals surface area contributed by atoms with E-state index in [0.29, 0.717) is 13.2 Å². The quantitative estimate of drug-likeness (QED) is 0.819. The highest BCUT2D eigenvalue weighted by molar-refractivity contribution is 5.97. The molecule has 0 spiro atoms. The van der Waals surface area contributed by atoms with E-state index in [1.54, 1.807) is 7.11 Å². The normalized spacial score (nSPS) is 11.1. The first-order valence-electron chi connectivity index (χ1n) is 7.40. The lowest BCUT2D eigenvalue weighted by atomic mass is 9.87. The van der Waals surface area contributed by atoms with Crippen molar-refractivity contribution in [3.05, 3.63) is 29.8 Å². The van der Waals surface area contributed by atoms with Crippen molar-refractivity contribution in [2.75, 3.05) is 31.7 Å². The van der Waals surface area contributed by atoms with E-state index >= 15 is 0 Å². The molecular weight excluding hydrogens is 280 g/mol. The van der Waals surface area contributed by atoms with Gasteiger partial charge in [-0.3, -0.25) is 9.59 Å². The lowest BCUT2D eigenvalue weighted by molar-refractivity contribution is -0.123. The van der Waals surface area contributed by atoms with Gasteiger partial charge in [0.1, 0.15) is 6.54 Å². The van der Waals surface area contributed by atoms with Crippen LogP contribution in [0.3, 0.4) is 0 Å². The van der Waals surface area contributed by atoms with Crippen LogP contribution in [0.1, 0.15) is 33.3 Å². The Labute approximate surface area is 132 Å². The largest absolute Gasteiger partial charge is 0.383 e. The number of hydrogen-bond acceptors (Lipinski definition) is 3. The van der Waals surface area contributed by atoms with Crippen molar-refractivity contribution >= 4 is 17.5 Å². The van der Waals surface area contributed by atoms with Crippen LogP contribution >= 0.6 is 0 Å². The number of carbonyl (C=O) groups excluding carboxylic acids is 2. The van der Waals surface area contributed by atoms with Crippen LogP contribution in [0, 0.1) is 0 Å². The Kier molecular flexibility index (Phi) is 6.56. The molecule has 1 aromatic rings. The standard InChI is InChI=1S/C17H26N2O3/c1-13(20)19(12-16(21)18-10-11-22-5)15-8-6-14(7-9-15)17(2,3)4/h6-9H,10-12H2,1-5H3,(H,18,21). The molecular formula is C17H26N2O3. The fourth-order valence-corrected chi connectivity index (χ4v) is 2.02. The molecule has 0 aliphatic carbocycles. The van der Waals surface area contributed by atoms with Crippen LogP contribution in [-0.2, 0) is 19.7 Å². The van der Waals surface area contributed by atoms with Gasteiger partial charge in [-0.15, -0.1) is 0 Å². The van der Waals surface area contributed by atoms with Gasteiger partial charge >= 0.3 is 0 Å². The van der Waals surface area contributed by atoms with E-state index in [-0.39, 0.29) is 23.8 Å². The maximum absolute atomic E-state index is 11.9. The van der Waals surface area contributed by atoms with Gasteiger partial charge in [0, 0.05) is 26.3 Å². The Morgan fingerprint density at radius 2 is 1.77 bits per heavy atom. The summed E-state index contributed by atoms with van der Waals surface area (Å²) in [6.45, 7) is 8.75. The number of rotatable bonds is 6. The molecule has 5 nitrogen and oxygen atoms in total. The molecule has 0 saturated carbocycles. The van der Waals surface area contributed by atoms with Gasteiger partial charge < -0.3 is 15.0 Å². The fraction of sp³-hybridized carbons (Fsp3) is 0.529. The molecule has 1 N–H and O–H groups in total. The molecule has 0 radical (unpaired) electrons. The van der Waals surface area contributed by atoms with E-state index in [9.17, 15) is 9.59 Å². The van der Waals surface area contributed by atoms with Crippen LogP contribution in [0.5, 0.6) is 0 Å². The number of hydrogen-bond donors (Lipinski definition) is 1. The third-order valence-electron chi connectivity index (χ3n) is 3.36. The third kappa shape index (κ3) is 5.48. The number of benzene rings is 1. The SMILES string of the molecule is COCCNC(=O)CN(C(C)=O)c1ccc(C(C)(C)C)cc1. The number of carbonyl (C=O) groups is 2. The van der Waals surface area contributed by atoms with Crippen molar-refractivity contribution in [1.29, 1.82) is 0 Å². The Morgan fingerprint density at radius 1 is 1.18 bits per heavy atom. The zero-order valence-electron chi connectivity index (χ0n) is 14.1. The summed E-state index contributed by atoms with van der Waals surface area (Å²) >= 11 is 0. The number of nitrogens with one attached hydrogen (secondary N) is 1. The smallest absolute Gasteiger partial charge is 0.240 e. The van der Waals surface area contributed by atoms with Crippen molar-refractivity contribution in [3.63, 3.8) is 0 Å². The predicted molar refractivity (Wildman–Crippen MR) is 88.1 cm³/mol. The van der Waals surface area contributed by atoms with E-state index in [0.717, 1.165) is 5.69 Å². The molecule has 1 rings (SSSR count). The monoisotopic (exact) mass is 306 g/mol. The van der Waals surface area contributed by atoms with E-state index < -0.39 is 0 Å². The number of methoxy groups -OCH3 is 1. The maximum Gasteiger partial charge on any atom is 0.240 e. The van der Waals surface area contributed by atoms with Gasteiger partial charge in [-0.1, -0.05) is 32.9 Å². The Balaban J connectivity index is 2.79. The van der Waals surface area contributed by atoms with Crippen molar-refractivity contribution in [1.82, 2.24) is 5.32 Å². The first-order chi connectivity index (χ1) is 10.3. The molecule has 0 unspecified atom stereocenters. The minimum atomic E-state index is -0.202. The van der Waals surface area contributed by atoms with Crippen LogP contribution in [0.25, 0.3) is 0 Å². The second-order valence-corrected chi connectivity index (χ2v) is 6.24. The number of amides is 2. The summed E-state index contributed by atoms with van der Waals surface area (Å²) in [5, 5.41) is 2.72. The maximum atomic E-state index is 11.9. The average Bonchev–Trinajstić information content (AvgIpc) is 2.44. The van der Waals surface area contributed by atoms with E-state index in [1.807, 2.05) is 24.3 Å². The second-order valence-electron chi connectivity index (χ2n) is 6.24. The van der Waals surface area contributed by atoms with Gasteiger partial charge in [-0.2, -0.15) is 0 Å². The molecule has 0 atom stereocenters. The molecule has 0 bridgehead atoms. The highest BCUT2D eigenvalue weighted by atomic mass is 16.5. The summed E-state index contributed by atoms with van der Waals surface area (Å²) in [6.07, 6.45) is 0. The minimum Gasteiger partial charge on any atom is -0.383 e. The molecule has 22 heavy (non-hydrogen) atoms. The van der Waals surface area contributed by atoms with Gasteiger partial charge in [0.25, 0.3) is 0 Å². The van der Waals surface area contributed by atoms with Crippen LogP contribution < -0.4 is 10.2 Å². The van der Waals surface area contributed by atoms with Gasteiger partial charge in [0.05, 0.1) is 6.61 Å². The van der Waals surface area contributed by atoms with E-state index in [1.165, 1.54) is 17.4 Å². The molecule has 0 aliphatic heterocycles. The van der Waals surface area contributed by atoms with Crippen LogP contribution in [-0.4, -0.2) is 38.6 Å².